The first kappa shape index (κ1) is 16.5. The fourth-order valence-electron chi connectivity index (χ4n) is 2.50. The molecule has 0 aliphatic carbocycles. The molecule has 0 bridgehead atoms. The van der Waals surface area contributed by atoms with Crippen LogP contribution in [0.15, 0.2) is 24.3 Å². The third-order valence-electron chi connectivity index (χ3n) is 3.51. The maximum absolute atomic E-state index is 5.76. The van der Waals surface area contributed by atoms with Crippen molar-refractivity contribution in [3.05, 3.63) is 41.2 Å². The summed E-state index contributed by atoms with van der Waals surface area (Å²) in [5.41, 5.74) is 8.98. The van der Waals surface area contributed by atoms with Crippen LogP contribution in [0.4, 0.5) is 0 Å². The normalized spacial score (nSPS) is 11.7. The molecule has 22 heavy (non-hydrogen) atoms. The monoisotopic (exact) mass is 302 g/mol. The molecule has 120 valence electrons. The molecular formula is C17H26N4O. The van der Waals surface area contributed by atoms with Crippen LogP contribution in [0, 0.1) is 6.92 Å². The van der Waals surface area contributed by atoms with Crippen LogP contribution in [0.1, 0.15) is 44.1 Å². The number of nitrogens with two attached hydrogens (primary N) is 1. The van der Waals surface area contributed by atoms with Crippen LogP contribution in [0.5, 0.6) is 5.75 Å². The summed E-state index contributed by atoms with van der Waals surface area (Å²) < 4.78 is 7.71. The average Bonchev–Trinajstić information content (AvgIpc) is 2.88. The summed E-state index contributed by atoms with van der Waals surface area (Å²) >= 11 is 0. The highest BCUT2D eigenvalue weighted by molar-refractivity contribution is 5.26. The molecule has 1 heterocycles. The Balaban J connectivity index is 1.92. The molecule has 2 N–H and O–H groups in total. The van der Waals surface area contributed by atoms with E-state index in [1.165, 1.54) is 5.56 Å². The van der Waals surface area contributed by atoms with Gasteiger partial charge in [-0.25, -0.2) is 4.68 Å². The molecule has 2 aromatic rings. The summed E-state index contributed by atoms with van der Waals surface area (Å²) in [4.78, 5) is 0. The molecule has 5 heteroatoms. The van der Waals surface area contributed by atoms with Gasteiger partial charge in [-0.05, 0) is 19.1 Å². The quantitative estimate of drug-likeness (QED) is 0.833. The number of hydrogen-bond acceptors (Lipinski definition) is 4. The van der Waals surface area contributed by atoms with Gasteiger partial charge in [-0.1, -0.05) is 43.7 Å². The molecular weight excluding hydrogens is 276 g/mol. The molecule has 1 aromatic carbocycles. The van der Waals surface area contributed by atoms with Crippen LogP contribution in [0.2, 0.25) is 0 Å². The Hall–Kier alpha value is -1.88. The van der Waals surface area contributed by atoms with Crippen LogP contribution in [0.25, 0.3) is 0 Å². The van der Waals surface area contributed by atoms with Gasteiger partial charge in [0.1, 0.15) is 5.75 Å². The molecule has 0 saturated carbocycles. The highest BCUT2D eigenvalue weighted by atomic mass is 16.5. The van der Waals surface area contributed by atoms with E-state index in [1.54, 1.807) is 0 Å². The lowest BCUT2D eigenvalue weighted by molar-refractivity contribution is 0.294. The minimum atomic E-state index is -0.0178. The summed E-state index contributed by atoms with van der Waals surface area (Å²) in [6.07, 6.45) is 0.879. The number of ether oxygens (including phenoxy) is 1. The minimum absolute atomic E-state index is 0.0178. The van der Waals surface area contributed by atoms with E-state index in [-0.39, 0.29) is 5.41 Å². The van der Waals surface area contributed by atoms with E-state index in [1.807, 2.05) is 16.8 Å². The largest absolute Gasteiger partial charge is 0.494 e. The SMILES string of the molecule is Cc1ccc(OCCCn2nnc(CN)c2C(C)(C)C)cc1. The fraction of sp³-hybridized carbons (Fsp3) is 0.529. The smallest absolute Gasteiger partial charge is 0.119 e. The van der Waals surface area contributed by atoms with Gasteiger partial charge in [0.05, 0.1) is 18.0 Å². The van der Waals surface area contributed by atoms with Crippen molar-refractivity contribution in [2.75, 3.05) is 6.61 Å². The Morgan fingerprint density at radius 1 is 1.18 bits per heavy atom. The van der Waals surface area contributed by atoms with Gasteiger partial charge in [0.25, 0.3) is 0 Å². The number of rotatable bonds is 6. The summed E-state index contributed by atoms with van der Waals surface area (Å²) in [5.74, 6) is 0.905. The van der Waals surface area contributed by atoms with E-state index < -0.39 is 0 Å². The van der Waals surface area contributed by atoms with Crippen molar-refractivity contribution in [3.8, 4) is 5.75 Å². The first-order valence-corrected chi connectivity index (χ1v) is 7.74. The molecule has 0 aliphatic heterocycles. The molecule has 0 saturated heterocycles. The van der Waals surface area contributed by atoms with Gasteiger partial charge in [-0.2, -0.15) is 0 Å². The van der Waals surface area contributed by atoms with Crippen LogP contribution in [-0.2, 0) is 18.5 Å². The molecule has 1 aromatic heterocycles. The van der Waals surface area contributed by atoms with Gasteiger partial charge >= 0.3 is 0 Å². The zero-order valence-electron chi connectivity index (χ0n) is 14.0. The summed E-state index contributed by atoms with van der Waals surface area (Å²) in [5, 5.41) is 8.44. The Labute approximate surface area is 132 Å². The second-order valence-corrected chi connectivity index (χ2v) is 6.58. The first-order valence-electron chi connectivity index (χ1n) is 7.74. The van der Waals surface area contributed by atoms with Crippen molar-refractivity contribution in [1.82, 2.24) is 15.0 Å². The maximum atomic E-state index is 5.76. The second-order valence-electron chi connectivity index (χ2n) is 6.58. The standard InChI is InChI=1S/C17H26N4O/c1-13-6-8-14(9-7-13)22-11-5-10-21-16(17(2,3)4)15(12-18)19-20-21/h6-9H,5,10-12,18H2,1-4H3. The number of hydrogen-bond donors (Lipinski definition) is 1. The molecule has 0 atom stereocenters. The Morgan fingerprint density at radius 2 is 1.86 bits per heavy atom. The predicted octanol–water partition coefficient (Wildman–Crippen LogP) is 2.81. The molecule has 0 unspecified atom stereocenters. The summed E-state index contributed by atoms with van der Waals surface area (Å²) in [7, 11) is 0. The lowest BCUT2D eigenvalue weighted by Crippen LogP contribution is -2.22. The second kappa shape index (κ2) is 6.92. The number of aromatic nitrogens is 3. The zero-order valence-corrected chi connectivity index (χ0v) is 14.0. The Bertz CT molecular complexity index is 596. The van der Waals surface area contributed by atoms with Crippen LogP contribution in [0.3, 0.4) is 0 Å². The van der Waals surface area contributed by atoms with Crippen molar-refractivity contribution >= 4 is 0 Å². The third kappa shape index (κ3) is 4.07. The van der Waals surface area contributed by atoms with E-state index >= 15 is 0 Å². The van der Waals surface area contributed by atoms with Gasteiger partial charge in [-0.3, -0.25) is 0 Å². The number of benzene rings is 1. The topological polar surface area (TPSA) is 66.0 Å². The van der Waals surface area contributed by atoms with E-state index in [9.17, 15) is 0 Å². The Kier molecular flexibility index (Phi) is 5.19. The lowest BCUT2D eigenvalue weighted by atomic mass is 9.90. The molecule has 0 amide bonds. The Morgan fingerprint density at radius 3 is 2.45 bits per heavy atom. The van der Waals surface area contributed by atoms with Crippen LogP contribution >= 0.6 is 0 Å². The van der Waals surface area contributed by atoms with Crippen molar-refractivity contribution in [2.45, 2.75) is 52.6 Å². The number of nitrogens with zero attached hydrogens (tertiary/aromatic N) is 3. The zero-order chi connectivity index (χ0) is 16.2. The van der Waals surface area contributed by atoms with Crippen LogP contribution in [-0.4, -0.2) is 21.6 Å². The van der Waals surface area contributed by atoms with Gasteiger partial charge in [0.2, 0.25) is 0 Å². The van der Waals surface area contributed by atoms with Gasteiger partial charge in [-0.15, -0.1) is 5.10 Å². The van der Waals surface area contributed by atoms with E-state index in [0.717, 1.165) is 30.1 Å². The van der Waals surface area contributed by atoms with Gasteiger partial charge < -0.3 is 10.5 Å². The van der Waals surface area contributed by atoms with Crippen molar-refractivity contribution in [2.24, 2.45) is 5.73 Å². The third-order valence-corrected chi connectivity index (χ3v) is 3.51. The minimum Gasteiger partial charge on any atom is -0.494 e. The fourth-order valence-corrected chi connectivity index (χ4v) is 2.50. The average molecular weight is 302 g/mol. The first-order chi connectivity index (χ1) is 10.4. The molecule has 2 rings (SSSR count). The lowest BCUT2D eigenvalue weighted by Gasteiger charge is -2.21. The van der Waals surface area contributed by atoms with Crippen LogP contribution < -0.4 is 10.5 Å². The maximum Gasteiger partial charge on any atom is 0.119 e. The van der Waals surface area contributed by atoms with Crippen molar-refractivity contribution in [1.29, 1.82) is 0 Å². The van der Waals surface area contributed by atoms with E-state index in [0.29, 0.717) is 13.2 Å². The highest BCUT2D eigenvalue weighted by Crippen LogP contribution is 2.24. The van der Waals surface area contributed by atoms with Crippen molar-refractivity contribution in [3.63, 3.8) is 0 Å². The predicted molar refractivity (Wildman–Crippen MR) is 87.9 cm³/mol. The summed E-state index contributed by atoms with van der Waals surface area (Å²) in [6, 6.07) is 8.10. The van der Waals surface area contributed by atoms with E-state index in [2.05, 4.69) is 50.1 Å². The van der Waals surface area contributed by atoms with Gasteiger partial charge in [0, 0.05) is 24.9 Å². The summed E-state index contributed by atoms with van der Waals surface area (Å²) in [6.45, 7) is 10.4. The number of aryl methyl sites for hydroxylation is 2. The highest BCUT2D eigenvalue weighted by Gasteiger charge is 2.24. The molecule has 0 radical (unpaired) electrons. The molecule has 0 spiro atoms. The molecule has 0 fully saturated rings. The molecule has 0 aliphatic rings. The van der Waals surface area contributed by atoms with Crippen molar-refractivity contribution < 1.29 is 4.74 Å². The van der Waals surface area contributed by atoms with E-state index in [4.69, 9.17) is 10.5 Å². The van der Waals surface area contributed by atoms with Gasteiger partial charge in [0.15, 0.2) is 0 Å². The molecule has 5 nitrogen and oxygen atoms in total.